The first-order valence-electron chi connectivity index (χ1n) is 8.65. The van der Waals surface area contributed by atoms with Crippen LogP contribution in [0, 0.1) is 0 Å². The monoisotopic (exact) mass is 412 g/mol. The molecule has 0 aliphatic carbocycles. The molecule has 0 saturated carbocycles. The summed E-state index contributed by atoms with van der Waals surface area (Å²) in [5.74, 6) is -1.66. The van der Waals surface area contributed by atoms with Crippen LogP contribution >= 0.6 is 11.6 Å². The summed E-state index contributed by atoms with van der Waals surface area (Å²) in [7, 11) is 0. The van der Waals surface area contributed by atoms with Crippen LogP contribution in [0.5, 0.6) is 0 Å². The van der Waals surface area contributed by atoms with Gasteiger partial charge in [0.2, 0.25) is 0 Å². The second-order valence-corrected chi connectivity index (χ2v) is 6.46. The van der Waals surface area contributed by atoms with Crippen molar-refractivity contribution in [3.63, 3.8) is 0 Å². The predicted octanol–water partition coefficient (Wildman–Crippen LogP) is 4.37. The summed E-state index contributed by atoms with van der Waals surface area (Å²) in [4.78, 5) is 37.0. The number of nitrogens with one attached hydrogen (secondary N) is 2. The zero-order chi connectivity index (χ0) is 20.8. The van der Waals surface area contributed by atoms with E-state index < -0.39 is 23.9 Å². The number of amides is 2. The average Bonchev–Trinajstić information content (AvgIpc) is 3.25. The molecule has 8 heteroatoms. The van der Waals surface area contributed by atoms with Gasteiger partial charge in [0.05, 0.1) is 17.5 Å². The normalized spacial score (nSPS) is 11.4. The second kappa shape index (κ2) is 9.07. The van der Waals surface area contributed by atoms with Gasteiger partial charge >= 0.3 is 5.97 Å². The molecule has 3 rings (SSSR count). The summed E-state index contributed by atoms with van der Waals surface area (Å²) in [5, 5.41) is 5.77. The number of hydrogen-bond donors (Lipinski definition) is 2. The molecule has 0 bridgehead atoms. The van der Waals surface area contributed by atoms with Gasteiger partial charge in [-0.25, -0.2) is 4.79 Å². The van der Waals surface area contributed by atoms with Gasteiger partial charge in [0, 0.05) is 10.7 Å². The van der Waals surface area contributed by atoms with Crippen molar-refractivity contribution in [2.75, 3.05) is 10.6 Å². The number of halogens is 1. The fraction of sp³-hybridized carbons (Fsp3) is 0.0952. The molecule has 148 valence electrons. The molecule has 2 N–H and O–H groups in total. The summed E-state index contributed by atoms with van der Waals surface area (Å²) >= 11 is 5.81. The highest BCUT2D eigenvalue weighted by molar-refractivity contribution is 6.30. The fourth-order valence-electron chi connectivity index (χ4n) is 2.42. The van der Waals surface area contributed by atoms with Crippen LogP contribution in [0.4, 0.5) is 11.4 Å². The van der Waals surface area contributed by atoms with Gasteiger partial charge in [-0.1, -0.05) is 23.7 Å². The third-order valence-electron chi connectivity index (χ3n) is 3.90. The van der Waals surface area contributed by atoms with Gasteiger partial charge in [-0.3, -0.25) is 9.59 Å². The standard InChI is InChI=1S/C21H17ClN2O5/c1-13(19(25)23-15-10-8-14(22)9-11-15)29-21(27)16-5-2-3-6-17(16)24-20(26)18-7-4-12-28-18/h2-13H,1H3,(H,23,25)(H,24,26)/t13-/m1/s1. The second-order valence-electron chi connectivity index (χ2n) is 6.02. The van der Waals surface area contributed by atoms with Gasteiger partial charge in [-0.2, -0.15) is 0 Å². The number of furan rings is 1. The minimum Gasteiger partial charge on any atom is -0.459 e. The molecule has 0 unspecified atom stereocenters. The molecule has 3 aromatic rings. The molecule has 2 amide bonds. The number of para-hydroxylation sites is 1. The van der Waals surface area contributed by atoms with E-state index in [0.29, 0.717) is 10.7 Å². The Morgan fingerprint density at radius 3 is 2.38 bits per heavy atom. The lowest BCUT2D eigenvalue weighted by molar-refractivity contribution is -0.123. The first kappa shape index (κ1) is 20.2. The van der Waals surface area contributed by atoms with Gasteiger partial charge in [0.25, 0.3) is 11.8 Å². The number of ether oxygens (including phenoxy) is 1. The first-order valence-corrected chi connectivity index (χ1v) is 9.03. The van der Waals surface area contributed by atoms with Crippen LogP contribution in [-0.4, -0.2) is 23.9 Å². The number of esters is 1. The largest absolute Gasteiger partial charge is 0.459 e. The van der Waals surface area contributed by atoms with Crippen LogP contribution in [0.1, 0.15) is 27.8 Å². The lowest BCUT2D eigenvalue weighted by Gasteiger charge is -2.15. The molecule has 0 aliphatic rings. The van der Waals surface area contributed by atoms with E-state index in [2.05, 4.69) is 10.6 Å². The van der Waals surface area contributed by atoms with Gasteiger partial charge in [-0.15, -0.1) is 0 Å². The minimum atomic E-state index is -1.06. The Balaban J connectivity index is 1.66. The minimum absolute atomic E-state index is 0.101. The van der Waals surface area contributed by atoms with Gasteiger partial charge in [0.1, 0.15) is 0 Å². The van der Waals surface area contributed by atoms with Crippen LogP contribution < -0.4 is 10.6 Å². The Bertz CT molecular complexity index is 1020. The maximum absolute atomic E-state index is 12.6. The molecule has 0 saturated heterocycles. The SMILES string of the molecule is C[C@@H](OC(=O)c1ccccc1NC(=O)c1ccco1)C(=O)Nc1ccc(Cl)cc1. The van der Waals surface area contributed by atoms with Gasteiger partial charge in [0.15, 0.2) is 11.9 Å². The molecule has 0 radical (unpaired) electrons. The third-order valence-corrected chi connectivity index (χ3v) is 4.16. The third kappa shape index (κ3) is 5.24. The number of rotatable bonds is 6. The van der Waals surface area contributed by atoms with Gasteiger partial charge in [-0.05, 0) is 55.5 Å². The molecule has 0 fully saturated rings. The predicted molar refractivity (Wildman–Crippen MR) is 108 cm³/mol. The highest BCUT2D eigenvalue weighted by Gasteiger charge is 2.22. The van der Waals surface area contributed by atoms with E-state index in [1.54, 1.807) is 48.5 Å². The average molecular weight is 413 g/mol. The highest BCUT2D eigenvalue weighted by Crippen LogP contribution is 2.19. The van der Waals surface area contributed by atoms with Crippen molar-refractivity contribution in [1.82, 2.24) is 0 Å². The Kier molecular flexibility index (Phi) is 6.31. The lowest BCUT2D eigenvalue weighted by Crippen LogP contribution is -2.30. The van der Waals surface area contributed by atoms with E-state index in [9.17, 15) is 14.4 Å². The Morgan fingerprint density at radius 2 is 1.69 bits per heavy atom. The summed E-state index contributed by atoms with van der Waals surface area (Å²) in [6, 6.07) is 15.9. The van der Waals surface area contributed by atoms with Gasteiger partial charge < -0.3 is 19.8 Å². The van der Waals surface area contributed by atoms with E-state index in [1.807, 2.05) is 0 Å². The molecule has 1 aromatic heterocycles. The van der Waals surface area contributed by atoms with E-state index in [1.165, 1.54) is 25.3 Å². The lowest BCUT2D eigenvalue weighted by atomic mass is 10.1. The zero-order valence-electron chi connectivity index (χ0n) is 15.3. The molecule has 2 aromatic carbocycles. The van der Waals surface area contributed by atoms with E-state index in [0.717, 1.165) is 0 Å². The highest BCUT2D eigenvalue weighted by atomic mass is 35.5. The van der Waals surface area contributed by atoms with Crippen LogP contribution in [0.15, 0.2) is 71.3 Å². The summed E-state index contributed by atoms with van der Waals surface area (Å²) in [6.45, 7) is 1.45. The van der Waals surface area contributed by atoms with Crippen molar-refractivity contribution in [3.8, 4) is 0 Å². The van der Waals surface area contributed by atoms with Crippen LogP contribution in [-0.2, 0) is 9.53 Å². The summed E-state index contributed by atoms with van der Waals surface area (Å²) < 4.78 is 10.3. The molecule has 0 aliphatic heterocycles. The molecule has 0 spiro atoms. The number of hydrogen-bond acceptors (Lipinski definition) is 5. The topological polar surface area (TPSA) is 97.6 Å². The fourth-order valence-corrected chi connectivity index (χ4v) is 2.54. The molecule has 1 heterocycles. The maximum atomic E-state index is 12.6. The Labute approximate surface area is 171 Å². The molecular weight excluding hydrogens is 396 g/mol. The zero-order valence-corrected chi connectivity index (χ0v) is 16.1. The maximum Gasteiger partial charge on any atom is 0.341 e. The van der Waals surface area contributed by atoms with Crippen LogP contribution in [0.3, 0.4) is 0 Å². The smallest absolute Gasteiger partial charge is 0.341 e. The Hall–Kier alpha value is -3.58. The number of benzene rings is 2. The van der Waals surface area contributed by atoms with Crippen molar-refractivity contribution >= 4 is 40.8 Å². The molecular formula is C21H17ClN2O5. The van der Waals surface area contributed by atoms with E-state index in [-0.39, 0.29) is 17.0 Å². The van der Waals surface area contributed by atoms with Crippen LogP contribution in [0.2, 0.25) is 5.02 Å². The van der Waals surface area contributed by atoms with Crippen molar-refractivity contribution < 1.29 is 23.5 Å². The van der Waals surface area contributed by atoms with Crippen molar-refractivity contribution in [3.05, 3.63) is 83.3 Å². The summed E-state index contributed by atoms with van der Waals surface area (Å²) in [6.07, 6.45) is 0.308. The number of carbonyl (C=O) groups is 3. The summed E-state index contributed by atoms with van der Waals surface area (Å²) in [5.41, 5.74) is 0.871. The van der Waals surface area contributed by atoms with Crippen molar-refractivity contribution in [2.45, 2.75) is 13.0 Å². The van der Waals surface area contributed by atoms with Crippen molar-refractivity contribution in [2.24, 2.45) is 0 Å². The number of carbonyl (C=O) groups excluding carboxylic acids is 3. The van der Waals surface area contributed by atoms with Crippen molar-refractivity contribution in [1.29, 1.82) is 0 Å². The molecule has 29 heavy (non-hydrogen) atoms. The molecule has 7 nitrogen and oxygen atoms in total. The number of anilines is 2. The Morgan fingerprint density at radius 1 is 0.966 bits per heavy atom. The molecule has 1 atom stereocenters. The van der Waals surface area contributed by atoms with E-state index >= 15 is 0 Å². The van der Waals surface area contributed by atoms with Crippen LogP contribution in [0.25, 0.3) is 0 Å². The van der Waals surface area contributed by atoms with E-state index in [4.69, 9.17) is 20.8 Å². The quantitative estimate of drug-likeness (QED) is 0.586. The first-order chi connectivity index (χ1) is 13.9.